The fraction of sp³-hybridized carbons (Fsp3) is 0.500. The molecule has 0 aromatic rings. The summed E-state index contributed by atoms with van der Waals surface area (Å²) in [5, 5.41) is 0. The van der Waals surface area contributed by atoms with E-state index in [9.17, 15) is 4.79 Å². The van der Waals surface area contributed by atoms with Gasteiger partial charge in [0.25, 0.3) is 0 Å². The molecule has 0 bridgehead atoms. The number of hydrogen-bond donors (Lipinski definition) is 0. The zero-order valence-corrected chi connectivity index (χ0v) is 9.95. The van der Waals surface area contributed by atoms with Gasteiger partial charge in [-0.1, -0.05) is 32.6 Å². The maximum Gasteiger partial charge on any atom is 0.162 e. The van der Waals surface area contributed by atoms with Crippen LogP contribution in [-0.2, 0) is 9.53 Å². The normalized spacial score (nSPS) is 28.1. The number of ether oxygens (including phenoxy) is 1. The first kappa shape index (κ1) is 11.2. The Morgan fingerprint density at radius 1 is 1.44 bits per heavy atom. The highest BCUT2D eigenvalue weighted by Crippen LogP contribution is 2.42. The molecule has 2 aliphatic rings. The summed E-state index contributed by atoms with van der Waals surface area (Å²) in [6, 6.07) is 0. The van der Waals surface area contributed by atoms with E-state index in [4.69, 9.17) is 4.74 Å². The summed E-state index contributed by atoms with van der Waals surface area (Å²) < 4.78 is 5.80. The van der Waals surface area contributed by atoms with Gasteiger partial charge in [-0.25, -0.2) is 0 Å². The second kappa shape index (κ2) is 3.93. The lowest BCUT2D eigenvalue weighted by Gasteiger charge is -2.28. The lowest BCUT2D eigenvalue weighted by Crippen LogP contribution is -2.24. The largest absolute Gasteiger partial charge is 0.490 e. The van der Waals surface area contributed by atoms with E-state index in [1.54, 1.807) is 6.08 Å². The van der Waals surface area contributed by atoms with Gasteiger partial charge in [0.05, 0.1) is 0 Å². The van der Waals surface area contributed by atoms with Gasteiger partial charge in [0.15, 0.2) is 5.78 Å². The highest BCUT2D eigenvalue weighted by molar-refractivity contribution is 5.97. The quantitative estimate of drug-likeness (QED) is 0.665. The van der Waals surface area contributed by atoms with Gasteiger partial charge in [-0.05, 0) is 11.5 Å². The summed E-state index contributed by atoms with van der Waals surface area (Å²) in [5.41, 5.74) is 0.963. The first-order valence-corrected chi connectivity index (χ1v) is 5.73. The average molecular weight is 218 g/mol. The summed E-state index contributed by atoms with van der Waals surface area (Å²) in [5.74, 6) is 1.18. The van der Waals surface area contributed by atoms with Crippen LogP contribution in [0, 0.1) is 5.41 Å². The Morgan fingerprint density at radius 3 is 2.88 bits per heavy atom. The van der Waals surface area contributed by atoms with Crippen LogP contribution < -0.4 is 0 Å². The summed E-state index contributed by atoms with van der Waals surface area (Å²) >= 11 is 0. The van der Waals surface area contributed by atoms with Crippen molar-refractivity contribution in [3.63, 3.8) is 0 Å². The van der Waals surface area contributed by atoms with Crippen LogP contribution in [0.5, 0.6) is 0 Å². The molecule has 1 unspecified atom stereocenters. The van der Waals surface area contributed by atoms with Gasteiger partial charge < -0.3 is 4.74 Å². The molecule has 0 saturated carbocycles. The smallest absolute Gasteiger partial charge is 0.162 e. The number of allylic oxidation sites excluding steroid dienone is 3. The van der Waals surface area contributed by atoms with E-state index in [0.717, 1.165) is 24.2 Å². The average Bonchev–Trinajstić information content (AvgIpc) is 2.56. The third-order valence-electron chi connectivity index (χ3n) is 3.11. The maximum absolute atomic E-state index is 11.9. The van der Waals surface area contributed by atoms with Gasteiger partial charge in [0.2, 0.25) is 0 Å². The minimum absolute atomic E-state index is 0.0286. The number of carbonyl (C=O) groups excluding carboxylic acids is 1. The van der Waals surface area contributed by atoms with Crippen molar-refractivity contribution < 1.29 is 9.53 Å². The molecule has 0 amide bonds. The first-order chi connectivity index (χ1) is 7.52. The van der Waals surface area contributed by atoms with E-state index in [1.165, 1.54) is 0 Å². The monoisotopic (exact) mass is 218 g/mol. The molecule has 2 nitrogen and oxygen atoms in total. The molecule has 1 aliphatic heterocycles. The molecule has 1 aliphatic carbocycles. The van der Waals surface area contributed by atoms with Crippen LogP contribution in [0.3, 0.4) is 0 Å². The molecule has 1 atom stereocenters. The lowest BCUT2D eigenvalue weighted by molar-refractivity contribution is -0.118. The predicted molar refractivity (Wildman–Crippen MR) is 63.9 cm³/mol. The second-order valence-electron chi connectivity index (χ2n) is 5.32. The molecule has 0 saturated heterocycles. The van der Waals surface area contributed by atoms with E-state index in [1.807, 2.05) is 12.2 Å². The van der Waals surface area contributed by atoms with Crippen molar-refractivity contribution in [2.45, 2.75) is 39.2 Å². The Kier molecular flexibility index (Phi) is 2.75. The summed E-state index contributed by atoms with van der Waals surface area (Å²) in [6.07, 6.45) is 7.85. The van der Waals surface area contributed by atoms with Gasteiger partial charge in [0, 0.05) is 24.8 Å². The Morgan fingerprint density at radius 2 is 2.19 bits per heavy atom. The lowest BCUT2D eigenvalue weighted by atomic mass is 9.76. The molecule has 16 heavy (non-hydrogen) atoms. The van der Waals surface area contributed by atoms with Crippen molar-refractivity contribution in [3.05, 3.63) is 36.1 Å². The number of hydrogen-bond acceptors (Lipinski definition) is 2. The molecule has 0 radical (unpaired) electrons. The highest BCUT2D eigenvalue weighted by Gasteiger charge is 2.38. The summed E-state index contributed by atoms with van der Waals surface area (Å²) in [7, 11) is 0. The van der Waals surface area contributed by atoms with E-state index < -0.39 is 0 Å². The minimum atomic E-state index is 0.0286. The van der Waals surface area contributed by atoms with E-state index in [2.05, 4.69) is 20.4 Å². The first-order valence-electron chi connectivity index (χ1n) is 5.73. The van der Waals surface area contributed by atoms with Gasteiger partial charge in [0.1, 0.15) is 11.9 Å². The van der Waals surface area contributed by atoms with E-state index in [-0.39, 0.29) is 17.3 Å². The standard InChI is InChI=1S/C14H18O2/c1-4-5-6-10-7-11-12(15)8-14(2,3)9-13(11)16-10/h4-6,10H,1,7-9H2,2-3H3/b6-5+. The van der Waals surface area contributed by atoms with Crippen LogP contribution in [-0.4, -0.2) is 11.9 Å². The summed E-state index contributed by atoms with van der Waals surface area (Å²) in [4.78, 5) is 11.9. The fourth-order valence-electron chi connectivity index (χ4n) is 2.38. The molecule has 0 aromatic carbocycles. The Bertz CT molecular complexity index is 386. The zero-order valence-electron chi connectivity index (χ0n) is 9.95. The third-order valence-corrected chi connectivity index (χ3v) is 3.11. The van der Waals surface area contributed by atoms with Gasteiger partial charge in [-0.3, -0.25) is 4.79 Å². The van der Waals surface area contributed by atoms with E-state index in [0.29, 0.717) is 6.42 Å². The highest BCUT2D eigenvalue weighted by atomic mass is 16.5. The second-order valence-corrected chi connectivity index (χ2v) is 5.32. The number of ketones is 1. The molecule has 2 rings (SSSR count). The Balaban J connectivity index is 2.14. The van der Waals surface area contributed by atoms with Crippen molar-refractivity contribution in [3.8, 4) is 0 Å². The SMILES string of the molecule is C=C/C=C/C1CC2=C(CC(C)(C)CC2=O)O1. The molecule has 0 N–H and O–H groups in total. The zero-order chi connectivity index (χ0) is 11.8. The van der Waals surface area contributed by atoms with Gasteiger partial charge >= 0.3 is 0 Å². The maximum atomic E-state index is 11.9. The number of carbonyl (C=O) groups is 1. The molecular formula is C14H18O2. The van der Waals surface area contributed by atoms with Gasteiger partial charge in [-0.15, -0.1) is 0 Å². The molecule has 86 valence electrons. The van der Waals surface area contributed by atoms with Crippen molar-refractivity contribution in [1.82, 2.24) is 0 Å². The minimum Gasteiger partial charge on any atom is -0.490 e. The van der Waals surface area contributed by atoms with Crippen LogP contribution in [0.25, 0.3) is 0 Å². The van der Waals surface area contributed by atoms with E-state index >= 15 is 0 Å². The van der Waals surface area contributed by atoms with Crippen molar-refractivity contribution >= 4 is 5.78 Å². The number of rotatable bonds is 2. The molecule has 0 spiro atoms. The van der Waals surface area contributed by atoms with Crippen LogP contribution in [0.1, 0.15) is 33.1 Å². The molecular weight excluding hydrogens is 200 g/mol. The fourth-order valence-corrected chi connectivity index (χ4v) is 2.38. The molecule has 0 aromatic heterocycles. The molecule has 0 fully saturated rings. The van der Waals surface area contributed by atoms with Crippen LogP contribution in [0.15, 0.2) is 36.1 Å². The summed E-state index contributed by atoms with van der Waals surface area (Å²) in [6.45, 7) is 7.86. The topological polar surface area (TPSA) is 26.3 Å². The van der Waals surface area contributed by atoms with Crippen molar-refractivity contribution in [1.29, 1.82) is 0 Å². The van der Waals surface area contributed by atoms with Gasteiger partial charge in [-0.2, -0.15) is 0 Å². The van der Waals surface area contributed by atoms with Crippen LogP contribution >= 0.6 is 0 Å². The van der Waals surface area contributed by atoms with Crippen LogP contribution in [0.4, 0.5) is 0 Å². The Hall–Kier alpha value is -1.31. The van der Waals surface area contributed by atoms with Crippen LogP contribution in [0.2, 0.25) is 0 Å². The van der Waals surface area contributed by atoms with Crippen molar-refractivity contribution in [2.75, 3.05) is 0 Å². The molecule has 1 heterocycles. The molecule has 2 heteroatoms. The van der Waals surface area contributed by atoms with Crippen molar-refractivity contribution in [2.24, 2.45) is 5.41 Å². The Labute approximate surface area is 96.7 Å². The predicted octanol–water partition coefficient (Wildman–Crippen LogP) is 3.16. The third kappa shape index (κ3) is 2.11. The number of Topliss-reactive ketones (excluding diaryl/α,β-unsaturated/α-hetero) is 1.